The largest absolute Gasteiger partial charge is 0.368 e. The van der Waals surface area contributed by atoms with E-state index in [9.17, 15) is 19.5 Å². The van der Waals surface area contributed by atoms with Crippen molar-refractivity contribution in [2.75, 3.05) is 5.32 Å². The van der Waals surface area contributed by atoms with Gasteiger partial charge in [0.05, 0.1) is 22.2 Å². The zero-order valence-electron chi connectivity index (χ0n) is 16.8. The van der Waals surface area contributed by atoms with Crippen molar-refractivity contribution in [1.82, 2.24) is 16.0 Å². The van der Waals surface area contributed by atoms with Gasteiger partial charge in [-0.3, -0.25) is 9.59 Å². The average molecular weight is 565 g/mol. The number of urea groups is 1. The SMILES string of the molecule is O=C1NC=C(NC(=O)c2cc(NC(=O)C3C(c4cc(Cl)cc(Cl)c4)C3(Cl)Cl)ccc2Cl)C(O)N1. The van der Waals surface area contributed by atoms with Crippen molar-refractivity contribution in [2.45, 2.75) is 16.5 Å². The van der Waals surface area contributed by atoms with Crippen LogP contribution in [0, 0.1) is 5.92 Å². The van der Waals surface area contributed by atoms with Gasteiger partial charge in [0.15, 0.2) is 6.23 Å². The normalized spacial score (nSPS) is 22.7. The summed E-state index contributed by atoms with van der Waals surface area (Å²) in [5.74, 6) is -2.48. The molecule has 13 heteroatoms. The molecule has 34 heavy (non-hydrogen) atoms. The molecule has 0 saturated heterocycles. The minimum absolute atomic E-state index is 0.00479. The summed E-state index contributed by atoms with van der Waals surface area (Å²) < 4.78 is -1.37. The number of anilines is 1. The van der Waals surface area contributed by atoms with Gasteiger partial charge in [0, 0.05) is 27.9 Å². The van der Waals surface area contributed by atoms with Crippen LogP contribution in [-0.2, 0) is 4.79 Å². The van der Waals surface area contributed by atoms with Crippen LogP contribution in [0.2, 0.25) is 15.1 Å². The lowest BCUT2D eigenvalue weighted by atomic mass is 10.1. The van der Waals surface area contributed by atoms with E-state index in [-0.39, 0.29) is 22.0 Å². The number of amides is 4. The predicted octanol–water partition coefficient (Wildman–Crippen LogP) is 4.38. The third-order valence-corrected chi connectivity index (χ3v) is 6.94. The van der Waals surface area contributed by atoms with Crippen molar-refractivity contribution >= 4 is 81.5 Å². The van der Waals surface area contributed by atoms with E-state index in [1.807, 2.05) is 0 Å². The Morgan fingerprint density at radius 2 is 1.68 bits per heavy atom. The molecule has 2 aliphatic rings. The molecule has 1 fully saturated rings. The number of aliphatic hydroxyl groups excluding tert-OH is 1. The Morgan fingerprint density at radius 3 is 2.32 bits per heavy atom. The number of alkyl halides is 2. The molecule has 4 rings (SSSR count). The fourth-order valence-corrected chi connectivity index (χ4v) is 5.16. The van der Waals surface area contributed by atoms with E-state index in [1.54, 1.807) is 18.2 Å². The van der Waals surface area contributed by atoms with Crippen LogP contribution in [0.15, 0.2) is 48.3 Å². The highest BCUT2D eigenvalue weighted by Crippen LogP contribution is 2.65. The fraction of sp³-hybridized carbons (Fsp3) is 0.190. The van der Waals surface area contributed by atoms with E-state index in [0.717, 1.165) is 6.20 Å². The Balaban J connectivity index is 1.49. The second kappa shape index (κ2) is 9.45. The third-order valence-electron chi connectivity index (χ3n) is 5.24. The van der Waals surface area contributed by atoms with Gasteiger partial charge in [0.2, 0.25) is 5.91 Å². The quantitative estimate of drug-likeness (QED) is 0.347. The minimum Gasteiger partial charge on any atom is -0.368 e. The van der Waals surface area contributed by atoms with Gasteiger partial charge < -0.3 is 26.4 Å². The Labute approximate surface area is 218 Å². The van der Waals surface area contributed by atoms with Crippen molar-refractivity contribution in [1.29, 1.82) is 0 Å². The monoisotopic (exact) mass is 562 g/mol. The fourth-order valence-electron chi connectivity index (χ4n) is 3.59. The van der Waals surface area contributed by atoms with Crippen LogP contribution in [-0.4, -0.2) is 33.5 Å². The molecule has 0 aromatic heterocycles. The van der Waals surface area contributed by atoms with E-state index < -0.39 is 40.2 Å². The Bertz CT molecular complexity index is 1220. The van der Waals surface area contributed by atoms with Crippen LogP contribution < -0.4 is 21.3 Å². The molecule has 2 aromatic rings. The Kier molecular flexibility index (Phi) is 6.92. The maximum Gasteiger partial charge on any atom is 0.321 e. The van der Waals surface area contributed by atoms with Gasteiger partial charge in [-0.15, -0.1) is 23.2 Å². The second-order valence-electron chi connectivity index (χ2n) is 7.59. The van der Waals surface area contributed by atoms with Crippen molar-refractivity contribution in [3.05, 3.63) is 74.5 Å². The van der Waals surface area contributed by atoms with Gasteiger partial charge >= 0.3 is 6.03 Å². The summed E-state index contributed by atoms with van der Waals surface area (Å²) in [6, 6.07) is 8.50. The molecule has 1 saturated carbocycles. The minimum atomic E-state index is -1.41. The first-order chi connectivity index (χ1) is 16.0. The number of aliphatic hydroxyl groups is 1. The summed E-state index contributed by atoms with van der Waals surface area (Å²) in [6.07, 6.45) is -0.261. The van der Waals surface area contributed by atoms with Crippen LogP contribution in [0.1, 0.15) is 21.8 Å². The molecule has 1 aliphatic carbocycles. The number of benzene rings is 2. The predicted molar refractivity (Wildman–Crippen MR) is 130 cm³/mol. The third kappa shape index (κ3) is 5.07. The van der Waals surface area contributed by atoms with Gasteiger partial charge in [-0.05, 0) is 42.0 Å². The molecule has 3 atom stereocenters. The van der Waals surface area contributed by atoms with E-state index in [1.165, 1.54) is 18.2 Å². The molecule has 4 amide bonds. The summed E-state index contributed by atoms with van der Waals surface area (Å²) in [4.78, 5) is 36.8. The summed E-state index contributed by atoms with van der Waals surface area (Å²) in [5.41, 5.74) is 0.911. The van der Waals surface area contributed by atoms with E-state index in [4.69, 9.17) is 58.0 Å². The van der Waals surface area contributed by atoms with Gasteiger partial charge in [-0.1, -0.05) is 34.8 Å². The van der Waals surface area contributed by atoms with E-state index in [0.29, 0.717) is 15.6 Å². The number of nitrogens with one attached hydrogen (secondary N) is 4. The molecule has 1 aliphatic heterocycles. The lowest BCUT2D eigenvalue weighted by Crippen LogP contribution is -2.49. The van der Waals surface area contributed by atoms with Gasteiger partial charge in [0.25, 0.3) is 5.91 Å². The summed E-state index contributed by atoms with van der Waals surface area (Å²) in [6.45, 7) is 0. The zero-order valence-corrected chi connectivity index (χ0v) is 20.6. The zero-order chi connectivity index (χ0) is 24.8. The van der Waals surface area contributed by atoms with Crippen LogP contribution in [0.4, 0.5) is 10.5 Å². The summed E-state index contributed by atoms with van der Waals surface area (Å²) >= 11 is 31.0. The van der Waals surface area contributed by atoms with Crippen molar-refractivity contribution in [2.24, 2.45) is 5.92 Å². The van der Waals surface area contributed by atoms with Gasteiger partial charge in [-0.25, -0.2) is 4.79 Å². The Hall–Kier alpha value is -2.20. The molecule has 0 radical (unpaired) electrons. The van der Waals surface area contributed by atoms with Crippen LogP contribution in [0.5, 0.6) is 0 Å². The molecule has 8 nitrogen and oxygen atoms in total. The Morgan fingerprint density at radius 1 is 1.00 bits per heavy atom. The highest BCUT2D eigenvalue weighted by atomic mass is 35.5. The first-order valence-electron chi connectivity index (χ1n) is 9.68. The van der Waals surface area contributed by atoms with Crippen molar-refractivity contribution in [3.63, 3.8) is 0 Å². The summed E-state index contributed by atoms with van der Waals surface area (Å²) in [5, 5.41) is 20.3. The molecule has 0 spiro atoms. The van der Waals surface area contributed by atoms with Gasteiger partial charge in [-0.2, -0.15) is 0 Å². The highest BCUT2D eigenvalue weighted by Gasteiger charge is 2.67. The molecule has 0 bridgehead atoms. The highest BCUT2D eigenvalue weighted by molar-refractivity contribution is 6.53. The molecule has 3 unspecified atom stereocenters. The van der Waals surface area contributed by atoms with E-state index in [2.05, 4.69) is 21.3 Å². The van der Waals surface area contributed by atoms with E-state index >= 15 is 0 Å². The van der Waals surface area contributed by atoms with Crippen LogP contribution >= 0.6 is 58.0 Å². The molecule has 2 aromatic carbocycles. The molecule has 5 N–H and O–H groups in total. The number of carbonyl (C=O) groups excluding carboxylic acids is 3. The average Bonchev–Trinajstić information content (AvgIpc) is 3.33. The van der Waals surface area contributed by atoms with Crippen molar-refractivity contribution < 1.29 is 19.5 Å². The second-order valence-corrected chi connectivity index (χ2v) is 10.3. The first-order valence-corrected chi connectivity index (χ1v) is 11.6. The smallest absolute Gasteiger partial charge is 0.321 e. The van der Waals surface area contributed by atoms with Gasteiger partial charge in [0.1, 0.15) is 4.33 Å². The molecular formula is C21H15Cl5N4O4. The van der Waals surface area contributed by atoms with Crippen LogP contribution in [0.25, 0.3) is 0 Å². The van der Waals surface area contributed by atoms with Crippen molar-refractivity contribution in [3.8, 4) is 0 Å². The topological polar surface area (TPSA) is 120 Å². The standard InChI is InChI=1S/C21H15Cl5N4O4/c22-9-3-8(4-10(23)5-9)15-16(21(15,25)26)19(33)28-11-1-2-13(24)12(6-11)17(31)29-14-7-27-20(34)30-18(14)32/h1-7,15-16,18,32H,(H,28,33)(H,29,31)(H2,27,30,34). The number of rotatable bonds is 5. The molecule has 178 valence electrons. The molecule has 1 heterocycles. The number of halogens is 5. The number of hydrogen-bond donors (Lipinski definition) is 5. The molecular weight excluding hydrogens is 550 g/mol. The number of hydrogen-bond acceptors (Lipinski definition) is 4. The lowest BCUT2D eigenvalue weighted by Gasteiger charge is -2.22. The summed E-state index contributed by atoms with van der Waals surface area (Å²) in [7, 11) is 0. The number of carbonyl (C=O) groups is 3. The maximum atomic E-state index is 12.9. The van der Waals surface area contributed by atoms with Crippen LogP contribution in [0.3, 0.4) is 0 Å². The maximum absolute atomic E-state index is 12.9. The lowest BCUT2D eigenvalue weighted by molar-refractivity contribution is -0.117. The first kappa shape index (κ1) is 24.9.